The van der Waals surface area contributed by atoms with Crippen molar-refractivity contribution in [1.29, 1.82) is 0 Å². The number of aliphatic hydroxyl groups is 1. The van der Waals surface area contributed by atoms with Gasteiger partial charge in [-0.15, -0.1) is 0 Å². The van der Waals surface area contributed by atoms with Crippen molar-refractivity contribution in [3.05, 3.63) is 93.9 Å². The van der Waals surface area contributed by atoms with Crippen molar-refractivity contribution in [1.82, 2.24) is 4.90 Å². The zero-order valence-corrected chi connectivity index (χ0v) is 16.7. The van der Waals surface area contributed by atoms with Crippen LogP contribution < -0.4 is 0 Å². The minimum atomic E-state index is -0.865. The second kappa shape index (κ2) is 7.60. The maximum atomic E-state index is 12.9. The molecule has 2 heterocycles. The first kappa shape index (κ1) is 19.0. The smallest absolute Gasteiger partial charge is 0.296 e. The largest absolute Gasteiger partial charge is 0.508 e. The summed E-state index contributed by atoms with van der Waals surface area (Å²) in [5.74, 6) is -1.31. The number of likely N-dealkylation sites (tertiary alicyclic amines) is 1. The van der Waals surface area contributed by atoms with Gasteiger partial charge in [-0.2, -0.15) is 0 Å². The lowest BCUT2D eigenvalue weighted by molar-refractivity contribution is -0.140. The van der Waals surface area contributed by atoms with E-state index in [9.17, 15) is 19.8 Å². The van der Waals surface area contributed by atoms with Gasteiger partial charge in [-0.3, -0.25) is 9.59 Å². The zero-order chi connectivity index (χ0) is 20.5. The summed E-state index contributed by atoms with van der Waals surface area (Å²) in [5, 5.41) is 20.9. The van der Waals surface area contributed by atoms with Crippen LogP contribution in [0.25, 0.3) is 5.76 Å². The van der Waals surface area contributed by atoms with Gasteiger partial charge < -0.3 is 19.5 Å². The average Bonchev–Trinajstić information content (AvgIpc) is 3.30. The number of phenolic OH excluding ortho intramolecular Hbond substituents is 1. The minimum absolute atomic E-state index is 0.00488. The molecular formula is C22H16BrNO5. The van der Waals surface area contributed by atoms with Gasteiger partial charge in [0.15, 0.2) is 0 Å². The number of ketones is 1. The van der Waals surface area contributed by atoms with Gasteiger partial charge in [0.25, 0.3) is 11.7 Å². The molecule has 3 aromatic rings. The van der Waals surface area contributed by atoms with E-state index in [0.717, 1.165) is 4.47 Å². The fourth-order valence-electron chi connectivity index (χ4n) is 3.42. The molecule has 1 aliphatic rings. The molecule has 0 saturated carbocycles. The van der Waals surface area contributed by atoms with Crippen LogP contribution in [0.4, 0.5) is 0 Å². The third-order valence-corrected chi connectivity index (χ3v) is 5.28. The number of carbonyl (C=O) groups is 2. The molecule has 1 fully saturated rings. The summed E-state index contributed by atoms with van der Waals surface area (Å²) >= 11 is 3.33. The van der Waals surface area contributed by atoms with Gasteiger partial charge in [0.05, 0.1) is 24.4 Å². The average molecular weight is 454 g/mol. The van der Waals surface area contributed by atoms with Gasteiger partial charge in [0, 0.05) is 10.0 Å². The van der Waals surface area contributed by atoms with E-state index in [1.807, 2.05) is 0 Å². The summed E-state index contributed by atoms with van der Waals surface area (Å²) < 4.78 is 6.16. The fourth-order valence-corrected chi connectivity index (χ4v) is 3.68. The Bertz CT molecular complexity index is 1100. The second-order valence-electron chi connectivity index (χ2n) is 6.61. The maximum absolute atomic E-state index is 12.9. The van der Waals surface area contributed by atoms with Crippen molar-refractivity contribution >= 4 is 33.4 Å². The van der Waals surface area contributed by atoms with E-state index >= 15 is 0 Å². The van der Waals surface area contributed by atoms with E-state index in [-0.39, 0.29) is 23.6 Å². The van der Waals surface area contributed by atoms with Gasteiger partial charge in [-0.1, -0.05) is 40.2 Å². The Morgan fingerprint density at radius 1 is 1.07 bits per heavy atom. The van der Waals surface area contributed by atoms with Gasteiger partial charge in [-0.05, 0) is 42.0 Å². The van der Waals surface area contributed by atoms with Crippen LogP contribution in [0.2, 0.25) is 0 Å². The van der Waals surface area contributed by atoms with Crippen LogP contribution in [-0.4, -0.2) is 26.8 Å². The molecule has 1 amide bonds. The van der Waals surface area contributed by atoms with Gasteiger partial charge in [0.1, 0.15) is 17.3 Å². The predicted molar refractivity (Wildman–Crippen MR) is 109 cm³/mol. The quantitative estimate of drug-likeness (QED) is 0.347. The van der Waals surface area contributed by atoms with E-state index in [2.05, 4.69) is 15.9 Å². The Labute approximate surface area is 174 Å². The number of halogens is 1. The van der Waals surface area contributed by atoms with Gasteiger partial charge in [-0.25, -0.2) is 0 Å². The van der Waals surface area contributed by atoms with Crippen LogP contribution in [0.1, 0.15) is 22.9 Å². The molecule has 0 bridgehead atoms. The standard InChI is InChI=1S/C22H16BrNO5/c23-15-8-6-13(7-9-15)20(26)18-19(14-3-1-4-16(25)11-14)24(22(28)21(18)27)12-17-5-2-10-29-17/h1-11,19,25-26H,12H2/b20-18+. The summed E-state index contributed by atoms with van der Waals surface area (Å²) in [4.78, 5) is 27.0. The maximum Gasteiger partial charge on any atom is 0.296 e. The zero-order valence-electron chi connectivity index (χ0n) is 15.1. The number of amides is 1. The van der Waals surface area contributed by atoms with Crippen LogP contribution in [0.5, 0.6) is 5.75 Å². The Hall–Kier alpha value is -3.32. The predicted octanol–water partition coefficient (Wildman–Crippen LogP) is 4.37. The number of benzene rings is 2. The number of aliphatic hydroxyl groups excluding tert-OH is 1. The number of rotatable bonds is 4. The number of carbonyl (C=O) groups excluding carboxylic acids is 2. The number of Topliss-reactive ketones (excluding diaryl/α,β-unsaturated/α-hetero) is 1. The summed E-state index contributed by atoms with van der Waals surface area (Å²) in [6, 6.07) is 15.6. The number of nitrogens with zero attached hydrogens (tertiary/aromatic N) is 1. The fraction of sp³-hybridized carbons (Fsp3) is 0.0909. The lowest BCUT2D eigenvalue weighted by Gasteiger charge is -2.24. The topological polar surface area (TPSA) is 91.0 Å². The first-order valence-electron chi connectivity index (χ1n) is 8.81. The van der Waals surface area contributed by atoms with Crippen molar-refractivity contribution in [2.24, 2.45) is 0 Å². The van der Waals surface area contributed by atoms with Crippen LogP contribution in [-0.2, 0) is 16.1 Å². The number of aromatic hydroxyl groups is 1. The number of phenols is 1. The van der Waals surface area contributed by atoms with Gasteiger partial charge in [0.2, 0.25) is 0 Å². The number of hydrogen-bond donors (Lipinski definition) is 2. The summed E-state index contributed by atoms with van der Waals surface area (Å²) in [6.07, 6.45) is 1.48. The molecule has 2 N–H and O–H groups in total. The molecular weight excluding hydrogens is 438 g/mol. The monoisotopic (exact) mass is 453 g/mol. The van der Waals surface area contributed by atoms with Crippen molar-refractivity contribution in [3.63, 3.8) is 0 Å². The second-order valence-corrected chi connectivity index (χ2v) is 7.52. The highest BCUT2D eigenvalue weighted by molar-refractivity contribution is 9.10. The van der Waals surface area contributed by atoms with E-state index in [1.165, 1.54) is 23.3 Å². The molecule has 7 heteroatoms. The Morgan fingerprint density at radius 3 is 2.48 bits per heavy atom. The lowest BCUT2D eigenvalue weighted by Crippen LogP contribution is -2.29. The van der Waals surface area contributed by atoms with Crippen molar-refractivity contribution in [3.8, 4) is 5.75 Å². The summed E-state index contributed by atoms with van der Waals surface area (Å²) in [7, 11) is 0. The first-order chi connectivity index (χ1) is 14.0. The molecule has 0 radical (unpaired) electrons. The van der Waals surface area contributed by atoms with Crippen LogP contribution in [0.15, 0.2) is 81.4 Å². The highest BCUT2D eigenvalue weighted by atomic mass is 79.9. The molecule has 1 aromatic heterocycles. The molecule has 2 aromatic carbocycles. The van der Waals surface area contributed by atoms with Crippen LogP contribution in [0.3, 0.4) is 0 Å². The van der Waals surface area contributed by atoms with E-state index < -0.39 is 17.7 Å². The molecule has 0 aliphatic carbocycles. The molecule has 1 saturated heterocycles. The van der Waals surface area contributed by atoms with Crippen molar-refractivity contribution < 1.29 is 24.2 Å². The van der Waals surface area contributed by atoms with Crippen molar-refractivity contribution in [2.75, 3.05) is 0 Å². The Balaban J connectivity index is 1.87. The molecule has 4 rings (SSSR count). The van der Waals surface area contributed by atoms with Crippen molar-refractivity contribution in [2.45, 2.75) is 12.6 Å². The SMILES string of the molecule is O=C1C(=O)N(Cc2ccco2)C(c2cccc(O)c2)/C1=C(\O)c1ccc(Br)cc1. The summed E-state index contributed by atoms with van der Waals surface area (Å²) in [5.41, 5.74) is 0.887. The van der Waals surface area contributed by atoms with Gasteiger partial charge >= 0.3 is 0 Å². The minimum Gasteiger partial charge on any atom is -0.508 e. The normalized spacial score (nSPS) is 18.4. The van der Waals surface area contributed by atoms with E-state index in [4.69, 9.17) is 4.42 Å². The molecule has 1 atom stereocenters. The summed E-state index contributed by atoms with van der Waals surface area (Å²) in [6.45, 7) is 0.0506. The molecule has 6 nitrogen and oxygen atoms in total. The third-order valence-electron chi connectivity index (χ3n) is 4.75. The Morgan fingerprint density at radius 2 is 1.83 bits per heavy atom. The highest BCUT2D eigenvalue weighted by Crippen LogP contribution is 2.41. The number of hydrogen-bond acceptors (Lipinski definition) is 5. The third kappa shape index (κ3) is 3.56. The number of furan rings is 1. The molecule has 0 spiro atoms. The van der Waals surface area contributed by atoms with E-state index in [1.54, 1.807) is 48.5 Å². The van der Waals surface area contributed by atoms with Crippen LogP contribution in [0, 0.1) is 0 Å². The molecule has 146 valence electrons. The molecule has 1 aliphatic heterocycles. The van der Waals surface area contributed by atoms with E-state index in [0.29, 0.717) is 16.9 Å². The molecule has 1 unspecified atom stereocenters. The highest BCUT2D eigenvalue weighted by Gasteiger charge is 2.46. The lowest BCUT2D eigenvalue weighted by atomic mass is 9.95. The molecule has 29 heavy (non-hydrogen) atoms. The first-order valence-corrected chi connectivity index (χ1v) is 9.60. The van der Waals surface area contributed by atoms with Crippen LogP contribution >= 0.6 is 15.9 Å². The Kier molecular flexibility index (Phi) is 4.98.